The number of nitrogens with one attached hydrogen (secondary N) is 1. The molecule has 4 rings (SSSR count). The molecule has 32 heavy (non-hydrogen) atoms. The van der Waals surface area contributed by atoms with Crippen LogP contribution in [-0.2, 0) is 16.2 Å². The van der Waals surface area contributed by atoms with Gasteiger partial charge in [-0.05, 0) is 49.1 Å². The number of primary amides is 1. The zero-order valence-corrected chi connectivity index (χ0v) is 17.2. The van der Waals surface area contributed by atoms with Gasteiger partial charge in [0, 0.05) is 12.1 Å². The molecule has 2 aromatic rings. The molecule has 2 heterocycles. The molecule has 1 unspecified atom stereocenters. The number of carbonyl (C=O) groups is 2. The van der Waals surface area contributed by atoms with E-state index in [1.54, 1.807) is 12.1 Å². The highest BCUT2D eigenvalue weighted by atomic mass is 19.4. The van der Waals surface area contributed by atoms with Crippen molar-refractivity contribution in [2.24, 2.45) is 5.73 Å². The number of carbonyl (C=O) groups excluding carboxylic acids is 2. The van der Waals surface area contributed by atoms with Crippen molar-refractivity contribution in [3.63, 3.8) is 0 Å². The van der Waals surface area contributed by atoms with Crippen molar-refractivity contribution in [1.82, 2.24) is 5.32 Å². The molecular formula is C22H23F3N4O3. The predicted octanol–water partition coefficient (Wildman–Crippen LogP) is 3.40. The number of anilines is 2. The molecule has 0 aromatic heterocycles. The van der Waals surface area contributed by atoms with Crippen LogP contribution in [0.2, 0.25) is 0 Å². The third-order valence-corrected chi connectivity index (χ3v) is 5.61. The van der Waals surface area contributed by atoms with E-state index in [1.807, 2.05) is 24.3 Å². The van der Waals surface area contributed by atoms with E-state index in [1.165, 1.54) is 11.1 Å². The Bertz CT molecular complexity index is 1000. The maximum Gasteiger partial charge on any atom is 0.399 e. The van der Waals surface area contributed by atoms with Crippen LogP contribution in [0.4, 0.5) is 24.5 Å². The van der Waals surface area contributed by atoms with Crippen molar-refractivity contribution < 1.29 is 27.6 Å². The first kappa shape index (κ1) is 21.9. The van der Waals surface area contributed by atoms with E-state index in [9.17, 15) is 22.8 Å². The van der Waals surface area contributed by atoms with Crippen molar-refractivity contribution >= 4 is 23.3 Å². The van der Waals surface area contributed by atoms with Gasteiger partial charge in [0.15, 0.2) is 0 Å². The van der Waals surface area contributed by atoms with E-state index in [0.717, 1.165) is 36.7 Å². The standard InChI is InChI=1S/C22H23F3N4O3/c23-22(24,25)11-19(30)32-29-20-16(3-1-5-18(20)21(26)31)13-28(29)17-8-6-14(7-9-17)15-4-2-10-27-12-15/h1,3,5-9,15,27H,2,4,10-13H2,(H2,26,31). The van der Waals surface area contributed by atoms with Gasteiger partial charge in [-0.1, -0.05) is 24.3 Å². The lowest BCUT2D eigenvalue weighted by Gasteiger charge is -2.31. The van der Waals surface area contributed by atoms with E-state index >= 15 is 0 Å². The molecular weight excluding hydrogens is 425 g/mol. The number of alkyl halides is 3. The van der Waals surface area contributed by atoms with Crippen LogP contribution in [0.15, 0.2) is 42.5 Å². The molecule has 2 aliphatic rings. The quantitative estimate of drug-likeness (QED) is 0.729. The fourth-order valence-electron chi connectivity index (χ4n) is 4.13. The van der Waals surface area contributed by atoms with Gasteiger partial charge >= 0.3 is 12.1 Å². The summed E-state index contributed by atoms with van der Waals surface area (Å²) in [6.07, 6.45) is -4.31. The molecule has 1 saturated heterocycles. The van der Waals surface area contributed by atoms with Crippen LogP contribution in [0.5, 0.6) is 0 Å². The topological polar surface area (TPSA) is 87.9 Å². The minimum absolute atomic E-state index is 0.0507. The Hall–Kier alpha value is -3.27. The Morgan fingerprint density at radius 1 is 1.16 bits per heavy atom. The fourth-order valence-corrected chi connectivity index (χ4v) is 4.13. The SMILES string of the molecule is NC(=O)c1cccc2c1N(OC(=O)CC(F)(F)F)N(c1ccc(C3CCCNC3)cc1)C2. The summed E-state index contributed by atoms with van der Waals surface area (Å²) in [6.45, 7) is 2.08. The smallest absolute Gasteiger partial charge is 0.366 e. The van der Waals surface area contributed by atoms with Gasteiger partial charge in [0.05, 0.1) is 17.8 Å². The molecule has 0 bridgehead atoms. The summed E-state index contributed by atoms with van der Waals surface area (Å²) in [5.74, 6) is -1.88. The van der Waals surface area contributed by atoms with Gasteiger partial charge < -0.3 is 15.9 Å². The number of nitrogens with zero attached hydrogens (tertiary/aromatic N) is 2. The number of benzene rings is 2. The summed E-state index contributed by atoms with van der Waals surface area (Å²) in [7, 11) is 0. The molecule has 3 N–H and O–H groups in total. The van der Waals surface area contributed by atoms with Crippen LogP contribution < -0.4 is 21.2 Å². The summed E-state index contributed by atoms with van der Waals surface area (Å²) >= 11 is 0. The first-order chi connectivity index (χ1) is 15.2. The highest BCUT2D eigenvalue weighted by molar-refractivity contribution is 6.00. The van der Waals surface area contributed by atoms with Gasteiger partial charge in [-0.25, -0.2) is 9.80 Å². The summed E-state index contributed by atoms with van der Waals surface area (Å²) < 4.78 is 38.1. The minimum Gasteiger partial charge on any atom is -0.366 e. The Kier molecular flexibility index (Phi) is 5.96. The molecule has 1 atom stereocenters. The number of para-hydroxylation sites is 1. The second-order valence-corrected chi connectivity index (χ2v) is 7.90. The lowest BCUT2D eigenvalue weighted by molar-refractivity contribution is -0.172. The number of hydrogen-bond acceptors (Lipinski definition) is 6. The summed E-state index contributed by atoms with van der Waals surface area (Å²) in [5.41, 5.74) is 8.02. The third-order valence-electron chi connectivity index (χ3n) is 5.61. The van der Waals surface area contributed by atoms with Crippen molar-refractivity contribution in [2.75, 3.05) is 23.3 Å². The number of hydrogen-bond donors (Lipinski definition) is 2. The minimum atomic E-state index is -4.72. The maximum atomic E-state index is 12.7. The number of halogens is 3. The highest BCUT2D eigenvalue weighted by Crippen LogP contribution is 2.38. The van der Waals surface area contributed by atoms with Crippen LogP contribution >= 0.6 is 0 Å². The van der Waals surface area contributed by atoms with Crippen LogP contribution in [-0.4, -0.2) is 31.1 Å². The molecule has 0 radical (unpaired) electrons. The molecule has 0 spiro atoms. The van der Waals surface area contributed by atoms with Crippen molar-refractivity contribution in [3.8, 4) is 0 Å². The Balaban J connectivity index is 1.64. The van der Waals surface area contributed by atoms with Gasteiger partial charge in [0.2, 0.25) is 0 Å². The molecule has 1 fully saturated rings. The molecule has 2 aromatic carbocycles. The van der Waals surface area contributed by atoms with Crippen molar-refractivity contribution in [1.29, 1.82) is 0 Å². The van der Waals surface area contributed by atoms with Crippen LogP contribution in [0.3, 0.4) is 0 Å². The Labute approximate surface area is 182 Å². The van der Waals surface area contributed by atoms with Crippen molar-refractivity contribution in [3.05, 3.63) is 59.2 Å². The molecule has 2 aliphatic heterocycles. The number of rotatable bonds is 5. The zero-order chi connectivity index (χ0) is 22.9. The Morgan fingerprint density at radius 3 is 2.53 bits per heavy atom. The van der Waals surface area contributed by atoms with Gasteiger partial charge in [-0.2, -0.15) is 13.2 Å². The number of nitrogens with two attached hydrogens (primary N) is 1. The largest absolute Gasteiger partial charge is 0.399 e. The van der Waals surface area contributed by atoms with E-state index in [-0.39, 0.29) is 17.8 Å². The van der Waals surface area contributed by atoms with Crippen LogP contribution in [0, 0.1) is 0 Å². The molecule has 170 valence electrons. The number of fused-ring (bicyclic) bond motifs is 1. The average Bonchev–Trinajstić information content (AvgIpc) is 3.11. The van der Waals surface area contributed by atoms with E-state index in [2.05, 4.69) is 5.32 Å². The average molecular weight is 448 g/mol. The second kappa shape index (κ2) is 8.70. The first-order valence-electron chi connectivity index (χ1n) is 10.3. The summed E-state index contributed by atoms with van der Waals surface area (Å²) in [6, 6.07) is 12.3. The second-order valence-electron chi connectivity index (χ2n) is 7.90. The van der Waals surface area contributed by atoms with Gasteiger partial charge in [0.25, 0.3) is 5.91 Å². The zero-order valence-electron chi connectivity index (χ0n) is 17.2. The lowest BCUT2D eigenvalue weighted by atomic mass is 9.91. The Morgan fingerprint density at radius 2 is 1.91 bits per heavy atom. The molecule has 1 amide bonds. The highest BCUT2D eigenvalue weighted by Gasteiger charge is 2.38. The van der Waals surface area contributed by atoms with Crippen molar-refractivity contribution in [2.45, 2.75) is 37.9 Å². The monoisotopic (exact) mass is 448 g/mol. The van der Waals surface area contributed by atoms with E-state index in [0.29, 0.717) is 17.2 Å². The summed E-state index contributed by atoms with van der Waals surface area (Å²) in [5, 5.41) is 5.82. The number of amides is 1. The third kappa shape index (κ3) is 4.64. The molecule has 0 aliphatic carbocycles. The molecule has 0 saturated carbocycles. The first-order valence-corrected chi connectivity index (χ1v) is 10.3. The van der Waals surface area contributed by atoms with E-state index in [4.69, 9.17) is 10.6 Å². The van der Waals surface area contributed by atoms with Crippen LogP contribution in [0.25, 0.3) is 0 Å². The lowest BCUT2D eigenvalue weighted by Crippen LogP contribution is -2.41. The molecule has 10 heteroatoms. The summed E-state index contributed by atoms with van der Waals surface area (Å²) in [4.78, 5) is 29.0. The number of piperidine rings is 1. The maximum absolute atomic E-state index is 12.7. The van der Waals surface area contributed by atoms with Gasteiger partial charge in [0.1, 0.15) is 12.1 Å². The van der Waals surface area contributed by atoms with Crippen LogP contribution in [0.1, 0.15) is 46.7 Å². The molecule has 7 nitrogen and oxygen atoms in total. The van der Waals surface area contributed by atoms with Gasteiger partial charge in [-0.15, -0.1) is 5.17 Å². The normalized spacial score (nSPS) is 18.4. The van der Waals surface area contributed by atoms with Gasteiger partial charge in [-0.3, -0.25) is 4.79 Å². The number of hydrazine groups is 1. The van der Waals surface area contributed by atoms with E-state index < -0.39 is 24.5 Å². The fraction of sp³-hybridized carbons (Fsp3) is 0.364. The predicted molar refractivity (Wildman–Crippen MR) is 112 cm³/mol.